The van der Waals surface area contributed by atoms with Gasteiger partial charge in [-0.25, -0.2) is 4.39 Å². The van der Waals surface area contributed by atoms with Crippen LogP contribution in [0.5, 0.6) is 0 Å². The Morgan fingerprint density at radius 1 is 1.26 bits per heavy atom. The van der Waals surface area contributed by atoms with Crippen molar-refractivity contribution < 1.29 is 4.39 Å². The second kappa shape index (κ2) is 9.75. The zero-order valence-electron chi connectivity index (χ0n) is 18.6. The lowest BCUT2D eigenvalue weighted by Crippen LogP contribution is -2.34. The van der Waals surface area contributed by atoms with Crippen molar-refractivity contribution in [2.24, 2.45) is 17.8 Å². The maximum atomic E-state index is 15.2. The third-order valence-corrected chi connectivity index (χ3v) is 6.72. The smallest absolute Gasteiger partial charge is 0.132 e. The van der Waals surface area contributed by atoms with E-state index in [0.29, 0.717) is 17.9 Å². The van der Waals surface area contributed by atoms with Crippen LogP contribution in [0.25, 0.3) is 5.57 Å². The Hall–Kier alpha value is -1.31. The predicted octanol–water partition coefficient (Wildman–Crippen LogP) is 7.62. The summed E-state index contributed by atoms with van der Waals surface area (Å²) in [6, 6.07) is 4.38. The zero-order valence-corrected chi connectivity index (χ0v) is 18.6. The first-order chi connectivity index (χ1) is 12.8. The van der Waals surface area contributed by atoms with Crippen LogP contribution in [0.4, 0.5) is 10.1 Å². The molecule has 152 valence electrons. The molecule has 0 heterocycles. The number of anilines is 1. The van der Waals surface area contributed by atoms with Crippen LogP contribution in [0, 0.1) is 30.5 Å². The van der Waals surface area contributed by atoms with Gasteiger partial charge in [0.15, 0.2) is 0 Å². The van der Waals surface area contributed by atoms with Crippen LogP contribution in [0.3, 0.4) is 0 Å². The predicted molar refractivity (Wildman–Crippen MR) is 118 cm³/mol. The summed E-state index contributed by atoms with van der Waals surface area (Å²) in [5, 5.41) is 0. The maximum absolute atomic E-state index is 15.2. The summed E-state index contributed by atoms with van der Waals surface area (Å²) in [6.45, 7) is 13.3. The van der Waals surface area contributed by atoms with E-state index in [4.69, 9.17) is 0 Å². The number of aryl methyl sites for hydroxylation is 1. The molecule has 4 atom stereocenters. The number of allylic oxidation sites excluding steroid dienone is 2. The molecule has 1 aromatic rings. The van der Waals surface area contributed by atoms with Crippen molar-refractivity contribution in [3.63, 3.8) is 0 Å². The largest absolute Gasteiger partial charge is 0.371 e. The van der Waals surface area contributed by atoms with Crippen molar-refractivity contribution >= 4 is 11.3 Å². The molecule has 0 bridgehead atoms. The average Bonchev–Trinajstić information content (AvgIpc) is 2.98. The molecule has 0 N–H and O–H groups in total. The monoisotopic (exact) mass is 373 g/mol. The van der Waals surface area contributed by atoms with Gasteiger partial charge in [-0.3, -0.25) is 0 Å². The molecule has 2 heteroatoms. The molecule has 1 nitrogen and oxygen atoms in total. The first-order valence-corrected chi connectivity index (χ1v) is 11.0. The fraction of sp³-hybridized carbons (Fsp3) is 0.680. The zero-order chi connectivity index (χ0) is 20.1. The lowest BCUT2D eigenvalue weighted by Gasteiger charge is -2.32. The molecule has 1 fully saturated rings. The molecule has 0 aromatic heterocycles. The van der Waals surface area contributed by atoms with Crippen molar-refractivity contribution in [1.82, 2.24) is 0 Å². The molecule has 1 aliphatic rings. The Kier molecular flexibility index (Phi) is 7.94. The summed E-state index contributed by atoms with van der Waals surface area (Å²) >= 11 is 0. The summed E-state index contributed by atoms with van der Waals surface area (Å²) in [6.07, 6.45) is 9.13. The Morgan fingerprint density at radius 2 is 1.96 bits per heavy atom. The van der Waals surface area contributed by atoms with E-state index in [1.165, 1.54) is 31.2 Å². The molecule has 27 heavy (non-hydrogen) atoms. The fourth-order valence-electron chi connectivity index (χ4n) is 5.10. The average molecular weight is 374 g/mol. The van der Waals surface area contributed by atoms with Gasteiger partial charge in [-0.05, 0) is 74.1 Å². The lowest BCUT2D eigenvalue weighted by atomic mass is 9.88. The van der Waals surface area contributed by atoms with Gasteiger partial charge in [0, 0.05) is 24.3 Å². The highest BCUT2D eigenvalue weighted by molar-refractivity contribution is 5.70. The molecule has 0 aliphatic heterocycles. The molecule has 1 aromatic carbocycles. The number of nitrogens with zero attached hydrogens (tertiary/aromatic N) is 1. The van der Waals surface area contributed by atoms with Crippen LogP contribution in [0.2, 0.25) is 0 Å². The van der Waals surface area contributed by atoms with E-state index < -0.39 is 0 Å². The molecule has 0 saturated heterocycles. The molecule has 4 unspecified atom stereocenters. The molecular formula is C25H40FN. The Balaban J connectivity index is 2.27. The lowest BCUT2D eigenvalue weighted by molar-refractivity contribution is 0.474. The van der Waals surface area contributed by atoms with Gasteiger partial charge in [0.2, 0.25) is 0 Å². The highest BCUT2D eigenvalue weighted by atomic mass is 19.1. The van der Waals surface area contributed by atoms with E-state index in [9.17, 15) is 0 Å². The SMILES string of the molecule is C/C=C(\CC(CC)CCC)c1cc(C)c(N(C)C2CC(C)CC2C)cc1F. The minimum absolute atomic E-state index is 0.0689. The second-order valence-electron chi connectivity index (χ2n) is 8.93. The first-order valence-electron chi connectivity index (χ1n) is 11.0. The molecule has 0 spiro atoms. The van der Waals surface area contributed by atoms with Gasteiger partial charge in [0.25, 0.3) is 0 Å². The van der Waals surface area contributed by atoms with Crippen LogP contribution < -0.4 is 4.90 Å². The summed E-state index contributed by atoms with van der Waals surface area (Å²) in [7, 11) is 2.14. The molecule has 2 rings (SSSR count). The minimum atomic E-state index is -0.0689. The Labute approximate surface area is 167 Å². The van der Waals surface area contributed by atoms with Gasteiger partial charge < -0.3 is 4.90 Å². The van der Waals surface area contributed by atoms with Gasteiger partial charge in [-0.1, -0.05) is 53.0 Å². The van der Waals surface area contributed by atoms with Crippen molar-refractivity contribution in [1.29, 1.82) is 0 Å². The van der Waals surface area contributed by atoms with Crippen LogP contribution in [0.1, 0.15) is 84.3 Å². The number of halogens is 1. The second-order valence-corrected chi connectivity index (χ2v) is 8.93. The Morgan fingerprint density at radius 3 is 2.48 bits per heavy atom. The number of benzene rings is 1. The Bertz CT molecular complexity index is 648. The van der Waals surface area contributed by atoms with Crippen molar-refractivity contribution in [3.8, 4) is 0 Å². The number of hydrogen-bond donors (Lipinski definition) is 0. The fourth-order valence-corrected chi connectivity index (χ4v) is 5.10. The molecular weight excluding hydrogens is 333 g/mol. The van der Waals surface area contributed by atoms with Crippen molar-refractivity contribution in [2.45, 2.75) is 86.1 Å². The van der Waals surface area contributed by atoms with Crippen molar-refractivity contribution in [3.05, 3.63) is 35.2 Å². The summed E-state index contributed by atoms with van der Waals surface area (Å²) in [5.74, 6) is 2.00. The van der Waals surface area contributed by atoms with Crippen LogP contribution in [-0.4, -0.2) is 13.1 Å². The summed E-state index contributed by atoms with van der Waals surface area (Å²) in [5.41, 5.74) is 4.20. The van der Waals surface area contributed by atoms with Crippen LogP contribution in [0.15, 0.2) is 18.2 Å². The summed E-state index contributed by atoms with van der Waals surface area (Å²) < 4.78 is 15.2. The van der Waals surface area contributed by atoms with E-state index in [1.54, 1.807) is 6.07 Å². The van der Waals surface area contributed by atoms with Gasteiger partial charge in [-0.2, -0.15) is 0 Å². The third-order valence-electron chi connectivity index (χ3n) is 6.72. The number of rotatable bonds is 8. The summed E-state index contributed by atoms with van der Waals surface area (Å²) in [4.78, 5) is 2.33. The number of hydrogen-bond acceptors (Lipinski definition) is 1. The normalized spacial score (nSPS) is 24.3. The third kappa shape index (κ3) is 5.15. The van der Waals surface area contributed by atoms with E-state index in [2.05, 4.69) is 58.7 Å². The van der Waals surface area contributed by atoms with E-state index >= 15 is 4.39 Å². The van der Waals surface area contributed by atoms with Gasteiger partial charge >= 0.3 is 0 Å². The van der Waals surface area contributed by atoms with E-state index in [0.717, 1.165) is 35.6 Å². The van der Waals surface area contributed by atoms with Crippen molar-refractivity contribution in [2.75, 3.05) is 11.9 Å². The highest BCUT2D eigenvalue weighted by Crippen LogP contribution is 2.38. The van der Waals surface area contributed by atoms with E-state index in [-0.39, 0.29) is 5.82 Å². The maximum Gasteiger partial charge on any atom is 0.132 e. The highest BCUT2D eigenvalue weighted by Gasteiger charge is 2.32. The molecule has 1 aliphatic carbocycles. The molecule has 1 saturated carbocycles. The van der Waals surface area contributed by atoms with Gasteiger partial charge in [0.05, 0.1) is 0 Å². The van der Waals surface area contributed by atoms with Gasteiger partial charge in [-0.15, -0.1) is 0 Å². The quantitative estimate of drug-likeness (QED) is 0.453. The van der Waals surface area contributed by atoms with Gasteiger partial charge in [0.1, 0.15) is 5.82 Å². The molecule has 0 radical (unpaired) electrons. The molecule has 0 amide bonds. The first kappa shape index (κ1) is 22.0. The van der Waals surface area contributed by atoms with Crippen LogP contribution >= 0.6 is 0 Å². The van der Waals surface area contributed by atoms with Crippen LogP contribution in [-0.2, 0) is 0 Å². The topological polar surface area (TPSA) is 3.24 Å². The standard InChI is InChI=1S/C25H40FN/c1-8-11-20(9-2)15-21(10-3)22-14-19(6)25(16-23(22)26)27(7)24-13-17(4)12-18(24)5/h10,14,16-18,20,24H,8-9,11-13,15H2,1-7H3/b21-10+. The van der Waals surface area contributed by atoms with E-state index in [1.807, 2.05) is 6.92 Å². The minimum Gasteiger partial charge on any atom is -0.371 e.